The van der Waals surface area contributed by atoms with Crippen molar-refractivity contribution in [3.05, 3.63) is 35.1 Å². The van der Waals surface area contributed by atoms with Crippen molar-refractivity contribution >= 4 is 0 Å². The highest BCUT2D eigenvalue weighted by atomic mass is 19.3. The van der Waals surface area contributed by atoms with Crippen LogP contribution in [0.25, 0.3) is 0 Å². The van der Waals surface area contributed by atoms with Gasteiger partial charge in [0.25, 0.3) is 6.43 Å². The number of benzene rings is 1. The fourth-order valence-electron chi connectivity index (χ4n) is 1.39. The van der Waals surface area contributed by atoms with Gasteiger partial charge in [-0.05, 0) is 30.8 Å². The zero-order valence-corrected chi connectivity index (χ0v) is 8.75. The Kier molecular flexibility index (Phi) is 4.32. The number of halogens is 3. The Balaban J connectivity index is 2.80. The van der Waals surface area contributed by atoms with Crippen molar-refractivity contribution in [2.75, 3.05) is 13.6 Å². The maximum Gasteiger partial charge on any atom is 0.251 e. The summed E-state index contributed by atoms with van der Waals surface area (Å²) in [5.41, 5.74) is 0.730. The van der Waals surface area contributed by atoms with E-state index in [2.05, 4.69) is 0 Å². The van der Waals surface area contributed by atoms with Crippen LogP contribution in [-0.4, -0.2) is 24.9 Å². The van der Waals surface area contributed by atoms with Crippen LogP contribution in [0, 0.1) is 17.1 Å². The van der Waals surface area contributed by atoms with Crippen LogP contribution < -0.4 is 0 Å². The van der Waals surface area contributed by atoms with E-state index in [0.29, 0.717) is 11.1 Å². The Morgan fingerprint density at radius 3 is 2.69 bits per heavy atom. The minimum absolute atomic E-state index is 0.130. The lowest BCUT2D eigenvalue weighted by Gasteiger charge is -2.16. The van der Waals surface area contributed by atoms with Crippen LogP contribution in [0.15, 0.2) is 18.2 Å². The molecule has 0 atom stereocenters. The first-order valence-corrected chi connectivity index (χ1v) is 4.68. The predicted molar refractivity (Wildman–Crippen MR) is 53.5 cm³/mol. The minimum atomic E-state index is -2.44. The molecule has 1 aromatic rings. The molecule has 0 N–H and O–H groups in total. The molecule has 16 heavy (non-hydrogen) atoms. The number of hydrogen-bond acceptors (Lipinski definition) is 2. The predicted octanol–water partition coefficient (Wildman–Crippen LogP) is 2.39. The van der Waals surface area contributed by atoms with Crippen LogP contribution in [0.1, 0.15) is 11.1 Å². The van der Waals surface area contributed by atoms with E-state index < -0.39 is 18.8 Å². The Bertz CT molecular complexity index is 399. The summed E-state index contributed by atoms with van der Waals surface area (Å²) in [6.07, 6.45) is -2.44. The van der Waals surface area contributed by atoms with Gasteiger partial charge in [0.15, 0.2) is 0 Å². The zero-order chi connectivity index (χ0) is 12.1. The molecular formula is C11H11F3N2. The van der Waals surface area contributed by atoms with Crippen LogP contribution in [0.3, 0.4) is 0 Å². The Hall–Kier alpha value is -1.54. The van der Waals surface area contributed by atoms with Crippen LogP contribution >= 0.6 is 0 Å². The molecule has 0 saturated heterocycles. The van der Waals surface area contributed by atoms with Crippen molar-refractivity contribution in [3.8, 4) is 6.07 Å². The van der Waals surface area contributed by atoms with E-state index >= 15 is 0 Å². The van der Waals surface area contributed by atoms with Crippen molar-refractivity contribution in [1.29, 1.82) is 5.26 Å². The van der Waals surface area contributed by atoms with Gasteiger partial charge >= 0.3 is 0 Å². The summed E-state index contributed by atoms with van der Waals surface area (Å²) in [5, 5.41) is 8.76. The van der Waals surface area contributed by atoms with Gasteiger partial charge in [-0.15, -0.1) is 0 Å². The Labute approximate surface area is 91.9 Å². The molecule has 0 spiro atoms. The van der Waals surface area contributed by atoms with Gasteiger partial charge in [-0.3, -0.25) is 4.90 Å². The highest BCUT2D eigenvalue weighted by Crippen LogP contribution is 2.13. The highest BCUT2D eigenvalue weighted by Gasteiger charge is 2.11. The lowest BCUT2D eigenvalue weighted by atomic mass is 10.1. The van der Waals surface area contributed by atoms with E-state index in [9.17, 15) is 13.2 Å². The Morgan fingerprint density at radius 1 is 1.44 bits per heavy atom. The Morgan fingerprint density at radius 2 is 2.12 bits per heavy atom. The molecule has 5 heteroatoms. The second-order valence-corrected chi connectivity index (χ2v) is 3.50. The smallest absolute Gasteiger partial charge is 0.251 e. The first kappa shape index (κ1) is 12.5. The van der Waals surface area contributed by atoms with E-state index in [1.165, 1.54) is 30.1 Å². The van der Waals surface area contributed by atoms with Gasteiger partial charge in [-0.25, -0.2) is 13.2 Å². The van der Waals surface area contributed by atoms with Crippen molar-refractivity contribution in [3.63, 3.8) is 0 Å². The van der Waals surface area contributed by atoms with E-state index in [1.54, 1.807) is 0 Å². The van der Waals surface area contributed by atoms with E-state index in [-0.39, 0.29) is 6.54 Å². The first-order chi connectivity index (χ1) is 7.52. The molecule has 1 rings (SSSR count). The number of nitrogens with zero attached hydrogens (tertiary/aromatic N) is 2. The SMILES string of the molecule is CN(Cc1cc(F)ccc1C#N)CC(F)F. The van der Waals surface area contributed by atoms with Crippen molar-refractivity contribution < 1.29 is 13.2 Å². The normalized spacial score (nSPS) is 10.8. The third kappa shape index (κ3) is 3.55. The molecule has 0 fully saturated rings. The molecule has 86 valence electrons. The molecule has 0 unspecified atom stereocenters. The summed E-state index contributed by atoms with van der Waals surface area (Å²) in [6.45, 7) is -0.271. The van der Waals surface area contributed by atoms with Gasteiger partial charge in [0.05, 0.1) is 18.2 Å². The van der Waals surface area contributed by atoms with Gasteiger partial charge in [0.1, 0.15) is 5.82 Å². The maximum absolute atomic E-state index is 12.9. The van der Waals surface area contributed by atoms with Gasteiger partial charge in [-0.2, -0.15) is 5.26 Å². The van der Waals surface area contributed by atoms with Crippen LogP contribution in [0.4, 0.5) is 13.2 Å². The molecule has 0 bridgehead atoms. The largest absolute Gasteiger partial charge is 0.296 e. The maximum atomic E-state index is 12.9. The van der Waals surface area contributed by atoms with Crippen LogP contribution in [-0.2, 0) is 6.54 Å². The topological polar surface area (TPSA) is 27.0 Å². The third-order valence-electron chi connectivity index (χ3n) is 2.08. The van der Waals surface area contributed by atoms with E-state index in [0.717, 1.165) is 0 Å². The van der Waals surface area contributed by atoms with Gasteiger partial charge in [0, 0.05) is 6.54 Å². The lowest BCUT2D eigenvalue weighted by molar-refractivity contribution is 0.0975. The molecule has 2 nitrogen and oxygen atoms in total. The van der Waals surface area contributed by atoms with Crippen molar-refractivity contribution in [2.45, 2.75) is 13.0 Å². The minimum Gasteiger partial charge on any atom is -0.296 e. The fraction of sp³-hybridized carbons (Fsp3) is 0.364. The quantitative estimate of drug-likeness (QED) is 0.791. The number of rotatable bonds is 4. The second kappa shape index (κ2) is 5.52. The average molecular weight is 228 g/mol. The summed E-state index contributed by atoms with van der Waals surface area (Å²) in [7, 11) is 1.50. The fourth-order valence-corrected chi connectivity index (χ4v) is 1.39. The molecular weight excluding hydrogens is 217 g/mol. The summed E-state index contributed by atoms with van der Waals surface area (Å²) in [5.74, 6) is -0.473. The third-order valence-corrected chi connectivity index (χ3v) is 2.08. The molecule has 0 aliphatic carbocycles. The summed E-state index contributed by atoms with van der Waals surface area (Å²) < 4.78 is 37.1. The molecule has 0 aliphatic rings. The van der Waals surface area contributed by atoms with Gasteiger partial charge in [-0.1, -0.05) is 0 Å². The van der Waals surface area contributed by atoms with Gasteiger partial charge in [0.2, 0.25) is 0 Å². The molecule has 0 amide bonds. The lowest BCUT2D eigenvalue weighted by Crippen LogP contribution is -2.24. The molecule has 0 saturated carbocycles. The average Bonchev–Trinajstić information content (AvgIpc) is 2.16. The van der Waals surface area contributed by atoms with Crippen molar-refractivity contribution in [1.82, 2.24) is 4.90 Å². The van der Waals surface area contributed by atoms with Crippen LogP contribution in [0.5, 0.6) is 0 Å². The van der Waals surface area contributed by atoms with E-state index in [1.807, 2.05) is 6.07 Å². The van der Waals surface area contributed by atoms with Gasteiger partial charge < -0.3 is 0 Å². The summed E-state index contributed by atoms with van der Waals surface area (Å²) in [6, 6.07) is 5.62. The number of hydrogen-bond donors (Lipinski definition) is 0. The van der Waals surface area contributed by atoms with Crippen molar-refractivity contribution in [2.24, 2.45) is 0 Å². The first-order valence-electron chi connectivity index (χ1n) is 4.68. The highest BCUT2D eigenvalue weighted by molar-refractivity contribution is 5.37. The molecule has 1 aromatic carbocycles. The molecule has 0 radical (unpaired) electrons. The zero-order valence-electron chi connectivity index (χ0n) is 8.75. The number of alkyl halides is 2. The number of nitriles is 1. The molecule has 0 aromatic heterocycles. The van der Waals surface area contributed by atoms with Crippen LogP contribution in [0.2, 0.25) is 0 Å². The van der Waals surface area contributed by atoms with E-state index in [4.69, 9.17) is 5.26 Å². The second-order valence-electron chi connectivity index (χ2n) is 3.50. The molecule has 0 heterocycles. The summed E-state index contributed by atoms with van der Waals surface area (Å²) in [4.78, 5) is 1.35. The molecule has 0 aliphatic heterocycles. The summed E-state index contributed by atoms with van der Waals surface area (Å²) >= 11 is 0. The monoisotopic (exact) mass is 228 g/mol. The standard InChI is InChI=1S/C11H11F3N2/c1-16(7-11(13)14)6-9-4-10(12)3-2-8(9)5-15/h2-4,11H,6-7H2,1H3.